The molecule has 1 atom stereocenters. The Morgan fingerprint density at radius 2 is 2.17 bits per heavy atom. The summed E-state index contributed by atoms with van der Waals surface area (Å²) in [4.78, 5) is 18.5. The molecule has 1 aliphatic rings. The highest BCUT2D eigenvalue weighted by atomic mass is 16.4. The van der Waals surface area contributed by atoms with Gasteiger partial charge in [0.05, 0.1) is 18.3 Å². The smallest absolute Gasteiger partial charge is 0.223 e. The number of carbonyl (C=O) groups is 1. The lowest BCUT2D eigenvalue weighted by Crippen LogP contribution is -2.37. The Hall–Kier alpha value is -2.14. The van der Waals surface area contributed by atoms with Crippen molar-refractivity contribution in [3.63, 3.8) is 0 Å². The van der Waals surface area contributed by atoms with E-state index < -0.39 is 0 Å². The molecule has 1 aliphatic heterocycles. The largest absolute Gasteiger partial charge is 0.440 e. The monoisotopic (exact) mass is 314 g/mol. The maximum Gasteiger partial charge on any atom is 0.223 e. The van der Waals surface area contributed by atoms with Crippen LogP contribution in [0.1, 0.15) is 30.8 Å². The molecule has 0 aliphatic carbocycles. The van der Waals surface area contributed by atoms with Crippen LogP contribution in [0.2, 0.25) is 0 Å². The fraction of sp³-hybridized carbons (Fsp3) is 0.444. The van der Waals surface area contributed by atoms with Crippen molar-refractivity contribution in [2.24, 2.45) is 0 Å². The van der Waals surface area contributed by atoms with Crippen LogP contribution in [0.4, 0.5) is 0 Å². The molecule has 5 heteroatoms. The van der Waals surface area contributed by atoms with Crippen LogP contribution in [0.5, 0.6) is 0 Å². The first-order valence-corrected chi connectivity index (χ1v) is 8.11. The molecule has 23 heavy (non-hydrogen) atoms. The number of aliphatic hydroxyl groups excluding tert-OH is 1. The van der Waals surface area contributed by atoms with Crippen LogP contribution < -0.4 is 0 Å². The summed E-state index contributed by atoms with van der Waals surface area (Å²) in [6.45, 7) is 2.70. The Balaban J connectivity index is 1.64. The highest BCUT2D eigenvalue weighted by Crippen LogP contribution is 2.25. The molecule has 0 saturated carbocycles. The third-order valence-corrected chi connectivity index (χ3v) is 4.34. The van der Waals surface area contributed by atoms with Crippen molar-refractivity contribution in [1.82, 2.24) is 9.88 Å². The quantitative estimate of drug-likeness (QED) is 0.921. The summed E-state index contributed by atoms with van der Waals surface area (Å²) in [5.74, 6) is 1.43. The number of rotatable bonds is 5. The first-order valence-electron chi connectivity index (χ1n) is 8.11. The maximum atomic E-state index is 12.3. The third kappa shape index (κ3) is 3.45. The van der Waals surface area contributed by atoms with E-state index in [9.17, 15) is 9.90 Å². The van der Waals surface area contributed by atoms with Crippen molar-refractivity contribution in [2.75, 3.05) is 13.2 Å². The zero-order valence-corrected chi connectivity index (χ0v) is 13.4. The first-order chi connectivity index (χ1) is 11.2. The minimum absolute atomic E-state index is 0.0197. The lowest BCUT2D eigenvalue weighted by Gasteiger charge is -2.22. The number of oxazole rings is 1. The van der Waals surface area contributed by atoms with Crippen LogP contribution in [0, 0.1) is 6.92 Å². The normalized spacial score (nSPS) is 17.7. The van der Waals surface area contributed by atoms with Gasteiger partial charge in [0.25, 0.3) is 0 Å². The van der Waals surface area contributed by atoms with Gasteiger partial charge in [-0.05, 0) is 19.8 Å². The molecule has 3 rings (SSSR count). The van der Waals surface area contributed by atoms with E-state index in [0.29, 0.717) is 18.7 Å². The minimum Gasteiger partial charge on any atom is -0.440 e. The second-order valence-electron chi connectivity index (χ2n) is 5.95. The molecule has 122 valence electrons. The van der Waals surface area contributed by atoms with E-state index in [2.05, 4.69) is 4.98 Å². The van der Waals surface area contributed by atoms with Crippen molar-refractivity contribution in [2.45, 2.75) is 38.6 Å². The number of nitrogens with zero attached hydrogens (tertiary/aromatic N) is 2. The standard InChI is InChI=1S/C18H22N2O3/c1-13-18(14-6-3-2-4-7-14)23-16(19-13)9-10-17(22)20-11-5-8-15(20)12-21/h2-4,6-7,15,21H,5,8-12H2,1H3/t15-/m1/s1. The molecule has 0 radical (unpaired) electrons. The summed E-state index contributed by atoms with van der Waals surface area (Å²) in [7, 11) is 0. The second kappa shape index (κ2) is 6.96. The van der Waals surface area contributed by atoms with Crippen molar-refractivity contribution >= 4 is 5.91 Å². The molecule has 1 saturated heterocycles. The van der Waals surface area contributed by atoms with Gasteiger partial charge in [0.2, 0.25) is 5.91 Å². The van der Waals surface area contributed by atoms with Crippen molar-refractivity contribution in [1.29, 1.82) is 0 Å². The number of likely N-dealkylation sites (tertiary alicyclic amines) is 1. The summed E-state index contributed by atoms with van der Waals surface area (Å²) in [5, 5.41) is 9.31. The molecule has 0 unspecified atom stereocenters. The number of carbonyl (C=O) groups excluding carboxylic acids is 1. The van der Waals surface area contributed by atoms with E-state index >= 15 is 0 Å². The third-order valence-electron chi connectivity index (χ3n) is 4.34. The number of amides is 1. The number of hydrogen-bond donors (Lipinski definition) is 1. The molecule has 2 heterocycles. The summed E-state index contributed by atoms with van der Waals surface area (Å²) < 4.78 is 5.84. The number of benzene rings is 1. The van der Waals surface area contributed by atoms with Gasteiger partial charge in [0.1, 0.15) is 0 Å². The van der Waals surface area contributed by atoms with E-state index in [1.165, 1.54) is 0 Å². The van der Waals surface area contributed by atoms with E-state index in [4.69, 9.17) is 4.42 Å². The number of aromatic nitrogens is 1. The Bertz CT molecular complexity index is 666. The van der Waals surface area contributed by atoms with Gasteiger partial charge in [-0.3, -0.25) is 4.79 Å². The van der Waals surface area contributed by atoms with Crippen molar-refractivity contribution < 1.29 is 14.3 Å². The molecule has 1 amide bonds. The van der Waals surface area contributed by atoms with Gasteiger partial charge in [0, 0.05) is 24.9 Å². The van der Waals surface area contributed by atoms with Gasteiger partial charge < -0.3 is 14.4 Å². The lowest BCUT2D eigenvalue weighted by molar-refractivity contribution is -0.132. The number of hydrogen-bond acceptors (Lipinski definition) is 4. The molecule has 0 spiro atoms. The highest BCUT2D eigenvalue weighted by Gasteiger charge is 2.27. The van der Waals surface area contributed by atoms with Gasteiger partial charge in [-0.2, -0.15) is 0 Å². The van der Waals surface area contributed by atoms with Crippen LogP contribution in [0.25, 0.3) is 11.3 Å². The number of aliphatic hydroxyl groups is 1. The van der Waals surface area contributed by atoms with Crippen LogP contribution >= 0.6 is 0 Å². The summed E-state index contributed by atoms with van der Waals surface area (Å²) >= 11 is 0. The summed E-state index contributed by atoms with van der Waals surface area (Å²) in [6.07, 6.45) is 2.71. The molecule has 1 N–H and O–H groups in total. The van der Waals surface area contributed by atoms with Crippen molar-refractivity contribution in [3.05, 3.63) is 41.9 Å². The van der Waals surface area contributed by atoms with Crippen LogP contribution in [-0.2, 0) is 11.2 Å². The average Bonchev–Trinajstić information content (AvgIpc) is 3.19. The fourth-order valence-electron chi connectivity index (χ4n) is 3.13. The summed E-state index contributed by atoms with van der Waals surface area (Å²) in [6, 6.07) is 9.83. The molecule has 1 aromatic heterocycles. The molecule has 2 aromatic rings. The zero-order valence-electron chi connectivity index (χ0n) is 13.4. The molecule has 1 aromatic carbocycles. The van der Waals surface area contributed by atoms with Crippen LogP contribution in [-0.4, -0.2) is 40.1 Å². The highest BCUT2D eigenvalue weighted by molar-refractivity contribution is 5.77. The second-order valence-corrected chi connectivity index (χ2v) is 5.95. The molecule has 1 fully saturated rings. The molecule has 0 bridgehead atoms. The van der Waals surface area contributed by atoms with E-state index in [0.717, 1.165) is 36.4 Å². The lowest BCUT2D eigenvalue weighted by atomic mass is 10.1. The molecule has 5 nitrogen and oxygen atoms in total. The average molecular weight is 314 g/mol. The SMILES string of the molecule is Cc1nc(CCC(=O)N2CCC[C@@H]2CO)oc1-c1ccccc1. The summed E-state index contributed by atoms with van der Waals surface area (Å²) in [5.41, 5.74) is 1.84. The van der Waals surface area contributed by atoms with Gasteiger partial charge in [-0.25, -0.2) is 4.98 Å². The minimum atomic E-state index is -0.0197. The maximum absolute atomic E-state index is 12.3. The Labute approximate surface area is 135 Å². The first kappa shape index (κ1) is 15.7. The molecular weight excluding hydrogens is 292 g/mol. The van der Waals surface area contributed by atoms with E-state index in [-0.39, 0.29) is 18.6 Å². The number of aryl methyl sites for hydroxylation is 2. The van der Waals surface area contributed by atoms with E-state index in [1.807, 2.05) is 37.3 Å². The Morgan fingerprint density at radius 3 is 2.91 bits per heavy atom. The van der Waals surface area contributed by atoms with Crippen molar-refractivity contribution in [3.8, 4) is 11.3 Å². The van der Waals surface area contributed by atoms with Gasteiger partial charge in [-0.1, -0.05) is 30.3 Å². The predicted molar refractivity (Wildman–Crippen MR) is 86.8 cm³/mol. The van der Waals surface area contributed by atoms with Crippen LogP contribution in [0.3, 0.4) is 0 Å². The van der Waals surface area contributed by atoms with Crippen LogP contribution in [0.15, 0.2) is 34.7 Å². The fourth-order valence-corrected chi connectivity index (χ4v) is 3.13. The predicted octanol–water partition coefficient (Wildman–Crippen LogP) is 2.57. The molecular formula is C18H22N2O3. The van der Waals surface area contributed by atoms with Gasteiger partial charge in [0.15, 0.2) is 11.7 Å². The topological polar surface area (TPSA) is 66.6 Å². The van der Waals surface area contributed by atoms with Gasteiger partial charge >= 0.3 is 0 Å². The van der Waals surface area contributed by atoms with E-state index in [1.54, 1.807) is 4.90 Å². The zero-order chi connectivity index (χ0) is 16.2. The van der Waals surface area contributed by atoms with Gasteiger partial charge in [-0.15, -0.1) is 0 Å². The Morgan fingerprint density at radius 1 is 1.39 bits per heavy atom. The Kier molecular flexibility index (Phi) is 4.76.